The first-order chi connectivity index (χ1) is 9.36. The highest BCUT2D eigenvalue weighted by Crippen LogP contribution is 2.30. The Bertz CT molecular complexity index is 511. The van der Waals surface area contributed by atoms with E-state index >= 15 is 0 Å². The molecule has 7 heteroatoms. The lowest BCUT2D eigenvalue weighted by molar-refractivity contribution is -0.137. The van der Waals surface area contributed by atoms with Gasteiger partial charge in [-0.2, -0.15) is 13.2 Å². The van der Waals surface area contributed by atoms with E-state index in [-0.39, 0.29) is 23.9 Å². The van der Waals surface area contributed by atoms with Gasteiger partial charge in [0.25, 0.3) is 0 Å². The molecule has 0 saturated carbocycles. The summed E-state index contributed by atoms with van der Waals surface area (Å²) >= 11 is 0. The first-order valence-electron chi connectivity index (χ1n) is 6.11. The molecule has 1 fully saturated rings. The van der Waals surface area contributed by atoms with Crippen LogP contribution in [0.3, 0.4) is 0 Å². The monoisotopic (exact) mass is 286 g/mol. The van der Waals surface area contributed by atoms with Gasteiger partial charge in [0.1, 0.15) is 0 Å². The van der Waals surface area contributed by atoms with Crippen molar-refractivity contribution >= 4 is 17.5 Å². The number of hydrogen-bond acceptors (Lipinski definition) is 2. The van der Waals surface area contributed by atoms with Gasteiger partial charge in [0.15, 0.2) is 0 Å². The fourth-order valence-electron chi connectivity index (χ4n) is 1.99. The van der Waals surface area contributed by atoms with Crippen molar-refractivity contribution in [2.75, 3.05) is 11.9 Å². The largest absolute Gasteiger partial charge is 0.416 e. The zero-order valence-corrected chi connectivity index (χ0v) is 10.5. The SMILES string of the molecule is O=C1CC(C(=O)Nc2ccc(C(F)(F)F)cc2)CCN1. The molecular formula is C13H13F3N2O2. The van der Waals surface area contributed by atoms with E-state index in [1.54, 1.807) is 0 Å². The average molecular weight is 286 g/mol. The quantitative estimate of drug-likeness (QED) is 0.875. The number of carbonyl (C=O) groups is 2. The Balaban J connectivity index is 1.99. The topological polar surface area (TPSA) is 58.2 Å². The van der Waals surface area contributed by atoms with Crippen LogP contribution in [0.4, 0.5) is 18.9 Å². The Morgan fingerprint density at radius 3 is 2.45 bits per heavy atom. The Kier molecular flexibility index (Phi) is 3.96. The highest BCUT2D eigenvalue weighted by atomic mass is 19.4. The summed E-state index contributed by atoms with van der Waals surface area (Å²) in [5.41, 5.74) is -0.485. The molecule has 1 aliphatic rings. The number of benzene rings is 1. The van der Waals surface area contributed by atoms with Crippen LogP contribution in [0, 0.1) is 5.92 Å². The first kappa shape index (κ1) is 14.4. The van der Waals surface area contributed by atoms with E-state index in [1.807, 2.05) is 0 Å². The van der Waals surface area contributed by atoms with Gasteiger partial charge < -0.3 is 10.6 Å². The minimum absolute atomic E-state index is 0.104. The minimum atomic E-state index is -4.40. The van der Waals surface area contributed by atoms with Gasteiger partial charge in [-0.25, -0.2) is 0 Å². The second-order valence-corrected chi connectivity index (χ2v) is 4.60. The normalized spacial score (nSPS) is 19.4. The van der Waals surface area contributed by atoms with Gasteiger partial charge >= 0.3 is 6.18 Å². The van der Waals surface area contributed by atoms with Gasteiger partial charge in [-0.05, 0) is 30.7 Å². The molecule has 1 atom stereocenters. The molecule has 0 radical (unpaired) electrons. The second kappa shape index (κ2) is 5.52. The van der Waals surface area contributed by atoms with E-state index in [9.17, 15) is 22.8 Å². The molecule has 0 spiro atoms. The number of nitrogens with one attached hydrogen (secondary N) is 2. The molecule has 2 N–H and O–H groups in total. The van der Waals surface area contributed by atoms with Crippen molar-refractivity contribution in [3.8, 4) is 0 Å². The van der Waals surface area contributed by atoms with Gasteiger partial charge in [-0.3, -0.25) is 9.59 Å². The molecule has 2 rings (SSSR count). The molecule has 1 saturated heterocycles. The Morgan fingerprint density at radius 2 is 1.90 bits per heavy atom. The van der Waals surface area contributed by atoms with Gasteiger partial charge in [0.2, 0.25) is 11.8 Å². The molecule has 0 aromatic heterocycles. The lowest BCUT2D eigenvalue weighted by Gasteiger charge is -2.21. The minimum Gasteiger partial charge on any atom is -0.356 e. The summed E-state index contributed by atoms with van der Waals surface area (Å²) < 4.78 is 37.2. The Morgan fingerprint density at radius 1 is 1.25 bits per heavy atom. The summed E-state index contributed by atoms with van der Waals surface area (Å²) in [6.07, 6.45) is -3.77. The van der Waals surface area contributed by atoms with Crippen molar-refractivity contribution in [2.45, 2.75) is 19.0 Å². The lowest BCUT2D eigenvalue weighted by Crippen LogP contribution is -2.38. The van der Waals surface area contributed by atoms with E-state index in [0.717, 1.165) is 12.1 Å². The summed E-state index contributed by atoms with van der Waals surface area (Å²) in [6, 6.07) is 4.21. The third-order valence-corrected chi connectivity index (χ3v) is 3.10. The molecular weight excluding hydrogens is 273 g/mol. The molecule has 108 valence electrons. The summed E-state index contributed by atoms with van der Waals surface area (Å²) in [6.45, 7) is 0.434. The Hall–Kier alpha value is -2.05. The third kappa shape index (κ3) is 3.49. The molecule has 1 aliphatic heterocycles. The van der Waals surface area contributed by atoms with Crippen LogP contribution in [-0.4, -0.2) is 18.4 Å². The van der Waals surface area contributed by atoms with Gasteiger partial charge in [0, 0.05) is 24.6 Å². The van der Waals surface area contributed by atoms with Gasteiger partial charge in [-0.15, -0.1) is 0 Å². The molecule has 1 aromatic carbocycles. The number of carbonyl (C=O) groups excluding carboxylic acids is 2. The van der Waals surface area contributed by atoms with Crippen molar-refractivity contribution in [1.82, 2.24) is 5.32 Å². The molecule has 1 heterocycles. The standard InChI is InChI=1S/C13H13F3N2O2/c14-13(15,16)9-1-3-10(4-2-9)18-12(20)8-5-6-17-11(19)7-8/h1-4,8H,5-7H2,(H,17,19)(H,18,20). The van der Waals surface area contributed by atoms with Crippen molar-refractivity contribution < 1.29 is 22.8 Å². The maximum Gasteiger partial charge on any atom is 0.416 e. The summed E-state index contributed by atoms with van der Waals surface area (Å²) in [4.78, 5) is 23.1. The van der Waals surface area contributed by atoms with E-state index in [1.165, 1.54) is 12.1 Å². The number of anilines is 1. The van der Waals surface area contributed by atoms with Crippen LogP contribution in [0.15, 0.2) is 24.3 Å². The van der Waals surface area contributed by atoms with Crippen LogP contribution >= 0.6 is 0 Å². The smallest absolute Gasteiger partial charge is 0.356 e. The van der Waals surface area contributed by atoms with Crippen LogP contribution in [0.25, 0.3) is 0 Å². The highest BCUT2D eigenvalue weighted by Gasteiger charge is 2.30. The first-order valence-corrected chi connectivity index (χ1v) is 6.11. The number of piperidine rings is 1. The number of halogens is 3. The number of rotatable bonds is 2. The fourth-order valence-corrected chi connectivity index (χ4v) is 1.99. The van der Waals surface area contributed by atoms with Crippen molar-refractivity contribution in [2.24, 2.45) is 5.92 Å². The van der Waals surface area contributed by atoms with E-state index < -0.39 is 17.7 Å². The van der Waals surface area contributed by atoms with Crippen molar-refractivity contribution in [1.29, 1.82) is 0 Å². The van der Waals surface area contributed by atoms with Gasteiger partial charge in [-0.1, -0.05) is 0 Å². The molecule has 1 aromatic rings. The van der Waals surface area contributed by atoms with Crippen molar-refractivity contribution in [3.63, 3.8) is 0 Å². The molecule has 1 unspecified atom stereocenters. The zero-order chi connectivity index (χ0) is 14.8. The maximum absolute atomic E-state index is 12.4. The predicted molar refractivity (Wildman–Crippen MR) is 65.8 cm³/mol. The van der Waals surface area contributed by atoms with E-state index in [4.69, 9.17) is 0 Å². The molecule has 4 nitrogen and oxygen atoms in total. The molecule has 2 amide bonds. The highest BCUT2D eigenvalue weighted by molar-refractivity contribution is 5.95. The lowest BCUT2D eigenvalue weighted by atomic mass is 9.96. The van der Waals surface area contributed by atoms with Crippen molar-refractivity contribution in [3.05, 3.63) is 29.8 Å². The van der Waals surface area contributed by atoms with Gasteiger partial charge in [0.05, 0.1) is 5.56 Å². The fraction of sp³-hybridized carbons (Fsp3) is 0.385. The van der Waals surface area contributed by atoms with Crippen LogP contribution in [0.5, 0.6) is 0 Å². The number of hydrogen-bond donors (Lipinski definition) is 2. The second-order valence-electron chi connectivity index (χ2n) is 4.60. The van der Waals surface area contributed by atoms with E-state index in [2.05, 4.69) is 10.6 Å². The van der Waals surface area contributed by atoms with Crippen LogP contribution in [0.2, 0.25) is 0 Å². The third-order valence-electron chi connectivity index (χ3n) is 3.10. The van der Waals surface area contributed by atoms with Crippen LogP contribution in [-0.2, 0) is 15.8 Å². The van der Waals surface area contributed by atoms with Crippen LogP contribution in [0.1, 0.15) is 18.4 Å². The summed E-state index contributed by atoms with van der Waals surface area (Å²) in [7, 11) is 0. The Labute approximate surface area is 113 Å². The predicted octanol–water partition coefficient (Wildman–Crippen LogP) is 2.17. The summed E-state index contributed by atoms with van der Waals surface area (Å²) in [5.74, 6) is -0.977. The number of amides is 2. The molecule has 0 aliphatic carbocycles. The van der Waals surface area contributed by atoms with Crippen LogP contribution < -0.4 is 10.6 Å². The van der Waals surface area contributed by atoms with E-state index in [0.29, 0.717) is 13.0 Å². The zero-order valence-electron chi connectivity index (χ0n) is 10.5. The maximum atomic E-state index is 12.4. The number of alkyl halides is 3. The molecule has 0 bridgehead atoms. The molecule has 20 heavy (non-hydrogen) atoms. The summed E-state index contributed by atoms with van der Waals surface area (Å²) in [5, 5.41) is 5.14. The average Bonchev–Trinajstić information content (AvgIpc) is 2.38.